The zero-order valence-corrected chi connectivity index (χ0v) is 8.66. The predicted molar refractivity (Wildman–Crippen MR) is 54.4 cm³/mol. The van der Waals surface area contributed by atoms with Gasteiger partial charge in [-0.15, -0.1) is 0 Å². The molecule has 1 fully saturated rings. The first kappa shape index (κ1) is 10.0. The third kappa shape index (κ3) is 4.10. The van der Waals surface area contributed by atoms with Gasteiger partial charge in [0, 0.05) is 0 Å². The van der Waals surface area contributed by atoms with Crippen molar-refractivity contribution in [1.29, 1.82) is 0 Å². The third-order valence-corrected chi connectivity index (χ3v) is 2.91. The van der Waals surface area contributed by atoms with E-state index in [1.807, 2.05) is 0 Å². The number of hydrogen-bond acceptors (Lipinski definition) is 1. The Morgan fingerprint density at radius 2 is 1.33 bits per heavy atom. The molecule has 0 bridgehead atoms. The van der Waals surface area contributed by atoms with E-state index in [-0.39, 0.29) is 0 Å². The van der Waals surface area contributed by atoms with Crippen LogP contribution in [0.4, 0.5) is 0 Å². The molecule has 0 atom stereocenters. The van der Waals surface area contributed by atoms with Crippen LogP contribution in [0.25, 0.3) is 0 Å². The summed E-state index contributed by atoms with van der Waals surface area (Å²) in [5.41, 5.74) is 0.608. The molecule has 0 aromatic heterocycles. The lowest BCUT2D eigenvalue weighted by molar-refractivity contribution is 0.278. The van der Waals surface area contributed by atoms with Gasteiger partial charge < -0.3 is 5.32 Å². The SMILES string of the molecule is CC1(C)CCCCNCCCC1. The molecular formula is C11H23N. The Morgan fingerprint density at radius 1 is 0.833 bits per heavy atom. The molecule has 1 rings (SSSR count). The first-order valence-electron chi connectivity index (χ1n) is 5.41. The van der Waals surface area contributed by atoms with Gasteiger partial charge in [0.15, 0.2) is 0 Å². The summed E-state index contributed by atoms with van der Waals surface area (Å²) < 4.78 is 0. The summed E-state index contributed by atoms with van der Waals surface area (Å²) in [5, 5.41) is 3.48. The molecule has 1 N–H and O–H groups in total. The minimum atomic E-state index is 0.608. The summed E-state index contributed by atoms with van der Waals surface area (Å²) in [6.07, 6.45) is 8.36. The lowest BCUT2D eigenvalue weighted by Gasteiger charge is -2.25. The highest BCUT2D eigenvalue weighted by Crippen LogP contribution is 2.29. The van der Waals surface area contributed by atoms with E-state index in [2.05, 4.69) is 19.2 Å². The van der Waals surface area contributed by atoms with E-state index in [1.165, 1.54) is 51.6 Å². The van der Waals surface area contributed by atoms with Gasteiger partial charge in [0.25, 0.3) is 0 Å². The summed E-state index contributed by atoms with van der Waals surface area (Å²) in [6.45, 7) is 7.30. The van der Waals surface area contributed by atoms with Crippen molar-refractivity contribution in [2.45, 2.75) is 52.4 Å². The van der Waals surface area contributed by atoms with Gasteiger partial charge in [0.05, 0.1) is 0 Å². The van der Waals surface area contributed by atoms with Crippen LogP contribution in [0.3, 0.4) is 0 Å². The van der Waals surface area contributed by atoms with E-state index in [9.17, 15) is 0 Å². The first-order valence-corrected chi connectivity index (χ1v) is 5.41. The van der Waals surface area contributed by atoms with Crippen LogP contribution < -0.4 is 5.32 Å². The van der Waals surface area contributed by atoms with E-state index in [0.29, 0.717) is 5.41 Å². The molecule has 1 heteroatoms. The average molecular weight is 169 g/mol. The van der Waals surface area contributed by atoms with Gasteiger partial charge in [0.2, 0.25) is 0 Å². The molecule has 0 amide bonds. The van der Waals surface area contributed by atoms with E-state index in [4.69, 9.17) is 0 Å². The van der Waals surface area contributed by atoms with Crippen LogP contribution >= 0.6 is 0 Å². The highest BCUT2D eigenvalue weighted by molar-refractivity contribution is 4.70. The Bertz CT molecular complexity index is 106. The van der Waals surface area contributed by atoms with Crippen molar-refractivity contribution in [3.8, 4) is 0 Å². The van der Waals surface area contributed by atoms with Crippen LogP contribution in [0, 0.1) is 5.41 Å². The predicted octanol–water partition coefficient (Wildman–Crippen LogP) is 2.96. The molecule has 0 aromatic rings. The molecule has 0 spiro atoms. The van der Waals surface area contributed by atoms with Crippen LogP contribution in [0.2, 0.25) is 0 Å². The van der Waals surface area contributed by atoms with Crippen LogP contribution in [-0.4, -0.2) is 13.1 Å². The molecule has 0 aliphatic carbocycles. The molecule has 1 heterocycles. The largest absolute Gasteiger partial charge is 0.317 e. The van der Waals surface area contributed by atoms with E-state index in [1.54, 1.807) is 0 Å². The second-order valence-electron chi connectivity index (χ2n) is 4.83. The highest BCUT2D eigenvalue weighted by atomic mass is 14.8. The van der Waals surface area contributed by atoms with Gasteiger partial charge in [-0.05, 0) is 44.2 Å². The molecule has 1 aliphatic rings. The normalized spacial score (nSPS) is 26.5. The minimum Gasteiger partial charge on any atom is -0.317 e. The van der Waals surface area contributed by atoms with Gasteiger partial charge >= 0.3 is 0 Å². The topological polar surface area (TPSA) is 12.0 Å². The Morgan fingerprint density at radius 3 is 1.83 bits per heavy atom. The van der Waals surface area contributed by atoms with Gasteiger partial charge in [0.1, 0.15) is 0 Å². The third-order valence-electron chi connectivity index (χ3n) is 2.91. The minimum absolute atomic E-state index is 0.608. The Balaban J connectivity index is 2.27. The van der Waals surface area contributed by atoms with Crippen molar-refractivity contribution in [3.63, 3.8) is 0 Å². The standard InChI is InChI=1S/C11H23N/c1-11(2)7-3-5-9-12-10-6-4-8-11/h12H,3-10H2,1-2H3. The van der Waals surface area contributed by atoms with E-state index < -0.39 is 0 Å². The highest BCUT2D eigenvalue weighted by Gasteiger charge is 2.16. The Kier molecular flexibility index (Phi) is 4.07. The average Bonchev–Trinajstić information content (AvgIpc) is 2.02. The summed E-state index contributed by atoms with van der Waals surface area (Å²) in [7, 11) is 0. The maximum atomic E-state index is 3.48. The summed E-state index contributed by atoms with van der Waals surface area (Å²) in [5.74, 6) is 0. The fraction of sp³-hybridized carbons (Fsp3) is 1.00. The second kappa shape index (κ2) is 4.86. The smallest absolute Gasteiger partial charge is 0.00489 e. The molecule has 0 saturated carbocycles. The first-order chi connectivity index (χ1) is 5.71. The summed E-state index contributed by atoms with van der Waals surface area (Å²) in [4.78, 5) is 0. The number of hydrogen-bond donors (Lipinski definition) is 1. The molecule has 0 unspecified atom stereocenters. The fourth-order valence-corrected chi connectivity index (χ4v) is 1.96. The zero-order chi connectivity index (χ0) is 8.86. The Labute approximate surface area is 76.9 Å². The lowest BCUT2D eigenvalue weighted by atomic mass is 9.82. The van der Waals surface area contributed by atoms with Crippen LogP contribution in [-0.2, 0) is 0 Å². The number of rotatable bonds is 0. The molecule has 72 valence electrons. The molecule has 0 radical (unpaired) electrons. The molecule has 1 saturated heterocycles. The summed E-state index contributed by atoms with van der Waals surface area (Å²) in [6, 6.07) is 0. The van der Waals surface area contributed by atoms with Gasteiger partial charge in [-0.25, -0.2) is 0 Å². The zero-order valence-electron chi connectivity index (χ0n) is 8.66. The van der Waals surface area contributed by atoms with E-state index in [0.717, 1.165) is 0 Å². The fourth-order valence-electron chi connectivity index (χ4n) is 1.96. The molecular weight excluding hydrogens is 146 g/mol. The van der Waals surface area contributed by atoms with Gasteiger partial charge in [-0.1, -0.05) is 26.7 Å². The van der Waals surface area contributed by atoms with Crippen molar-refractivity contribution >= 4 is 0 Å². The van der Waals surface area contributed by atoms with E-state index >= 15 is 0 Å². The Hall–Kier alpha value is -0.0400. The van der Waals surface area contributed by atoms with Crippen molar-refractivity contribution in [3.05, 3.63) is 0 Å². The molecule has 12 heavy (non-hydrogen) atoms. The molecule has 0 aromatic carbocycles. The maximum Gasteiger partial charge on any atom is -0.00489 e. The van der Waals surface area contributed by atoms with Crippen LogP contribution in [0.1, 0.15) is 52.4 Å². The maximum absolute atomic E-state index is 3.48. The quantitative estimate of drug-likeness (QED) is 0.588. The monoisotopic (exact) mass is 169 g/mol. The summed E-state index contributed by atoms with van der Waals surface area (Å²) >= 11 is 0. The van der Waals surface area contributed by atoms with Gasteiger partial charge in [-0.2, -0.15) is 0 Å². The van der Waals surface area contributed by atoms with Crippen molar-refractivity contribution < 1.29 is 0 Å². The lowest BCUT2D eigenvalue weighted by Crippen LogP contribution is -2.20. The van der Waals surface area contributed by atoms with Crippen molar-refractivity contribution in [2.75, 3.05) is 13.1 Å². The van der Waals surface area contributed by atoms with Crippen LogP contribution in [0.15, 0.2) is 0 Å². The van der Waals surface area contributed by atoms with Crippen LogP contribution in [0.5, 0.6) is 0 Å². The second-order valence-corrected chi connectivity index (χ2v) is 4.83. The molecule has 1 aliphatic heterocycles. The molecule has 1 nitrogen and oxygen atoms in total. The van der Waals surface area contributed by atoms with Crippen molar-refractivity contribution in [1.82, 2.24) is 5.32 Å². The van der Waals surface area contributed by atoms with Crippen molar-refractivity contribution in [2.24, 2.45) is 5.41 Å². The number of nitrogens with one attached hydrogen (secondary N) is 1. The van der Waals surface area contributed by atoms with Gasteiger partial charge in [-0.3, -0.25) is 0 Å².